The summed E-state index contributed by atoms with van der Waals surface area (Å²) in [4.78, 5) is 23.7. The molecule has 0 aliphatic rings. The number of amides is 2. The Bertz CT molecular complexity index is 820. The molecule has 10 heteroatoms. The lowest BCUT2D eigenvalue weighted by Crippen LogP contribution is -2.14. The molecule has 0 fully saturated rings. The molecule has 0 atom stereocenters. The Labute approximate surface area is 168 Å². The minimum absolute atomic E-state index is 0.0112. The fraction of sp³-hybridized carbons (Fsp3) is 0.300. The van der Waals surface area contributed by atoms with Crippen molar-refractivity contribution in [2.75, 3.05) is 10.6 Å². The summed E-state index contributed by atoms with van der Waals surface area (Å²) in [6.45, 7) is 0. The molecule has 2 aromatic carbocycles. The van der Waals surface area contributed by atoms with Crippen LogP contribution < -0.4 is 10.6 Å². The summed E-state index contributed by atoms with van der Waals surface area (Å²) in [7, 11) is 0. The summed E-state index contributed by atoms with van der Waals surface area (Å²) in [5.41, 5.74) is -1.74. The first-order valence-corrected chi connectivity index (χ1v) is 8.89. The third kappa shape index (κ3) is 7.41. The Hall–Kier alpha value is -3.04. The highest BCUT2D eigenvalue weighted by molar-refractivity contribution is 5.91. The Morgan fingerprint density at radius 1 is 0.667 bits per heavy atom. The maximum Gasteiger partial charge on any atom is 0.416 e. The van der Waals surface area contributed by atoms with Crippen LogP contribution in [0.3, 0.4) is 0 Å². The van der Waals surface area contributed by atoms with Crippen LogP contribution in [0.5, 0.6) is 0 Å². The molecule has 0 bridgehead atoms. The molecule has 0 heterocycles. The molecule has 0 aromatic heterocycles. The van der Waals surface area contributed by atoms with E-state index in [4.69, 9.17) is 0 Å². The standard InChI is InChI=1S/C20H18F6N2O2/c21-19(22,23)13-5-3-7-15(11-13)27-17(29)9-1-2-10-18(30)28-16-8-4-6-14(12-16)20(24,25)26/h3-8,11-12H,1-2,9-10H2,(H,27,29)(H,28,30). The molecule has 0 saturated heterocycles. The maximum atomic E-state index is 12.7. The van der Waals surface area contributed by atoms with Crippen LogP contribution in [0.2, 0.25) is 0 Å². The Balaban J connectivity index is 1.75. The Morgan fingerprint density at radius 2 is 1.03 bits per heavy atom. The van der Waals surface area contributed by atoms with Crippen molar-refractivity contribution in [2.45, 2.75) is 38.0 Å². The molecule has 0 saturated carbocycles. The number of hydrogen-bond acceptors (Lipinski definition) is 2. The number of halogens is 6. The van der Waals surface area contributed by atoms with Crippen molar-refractivity contribution in [1.29, 1.82) is 0 Å². The molecular weight excluding hydrogens is 414 g/mol. The largest absolute Gasteiger partial charge is 0.416 e. The van der Waals surface area contributed by atoms with E-state index in [9.17, 15) is 35.9 Å². The topological polar surface area (TPSA) is 58.2 Å². The molecular formula is C20H18F6N2O2. The Kier molecular flexibility index (Phi) is 7.47. The molecule has 0 spiro atoms. The zero-order valence-electron chi connectivity index (χ0n) is 15.5. The molecule has 2 rings (SSSR count). The second-order valence-corrected chi connectivity index (χ2v) is 6.46. The average molecular weight is 432 g/mol. The minimum Gasteiger partial charge on any atom is -0.326 e. The molecule has 0 radical (unpaired) electrons. The van der Waals surface area contributed by atoms with E-state index in [0.717, 1.165) is 24.3 Å². The molecule has 0 aliphatic carbocycles. The van der Waals surface area contributed by atoms with Crippen LogP contribution in [0, 0.1) is 0 Å². The van der Waals surface area contributed by atoms with Crippen molar-refractivity contribution in [3.63, 3.8) is 0 Å². The van der Waals surface area contributed by atoms with E-state index in [-0.39, 0.29) is 37.1 Å². The van der Waals surface area contributed by atoms with E-state index in [1.807, 2.05) is 0 Å². The van der Waals surface area contributed by atoms with Crippen molar-refractivity contribution in [2.24, 2.45) is 0 Å². The van der Waals surface area contributed by atoms with Crippen molar-refractivity contribution >= 4 is 23.2 Å². The summed E-state index contributed by atoms with van der Waals surface area (Å²) in [5.74, 6) is -1.01. The molecule has 2 amide bonds. The van der Waals surface area contributed by atoms with Crippen molar-refractivity contribution < 1.29 is 35.9 Å². The monoisotopic (exact) mass is 432 g/mol. The van der Waals surface area contributed by atoms with Gasteiger partial charge in [-0.3, -0.25) is 9.59 Å². The zero-order chi connectivity index (χ0) is 22.4. The number of unbranched alkanes of at least 4 members (excludes halogenated alkanes) is 1. The van der Waals surface area contributed by atoms with Gasteiger partial charge in [0, 0.05) is 24.2 Å². The van der Waals surface area contributed by atoms with Gasteiger partial charge in [0.25, 0.3) is 0 Å². The third-order valence-electron chi connectivity index (χ3n) is 4.00. The predicted molar refractivity (Wildman–Crippen MR) is 98.6 cm³/mol. The van der Waals surface area contributed by atoms with E-state index >= 15 is 0 Å². The number of nitrogens with one attached hydrogen (secondary N) is 2. The summed E-state index contributed by atoms with van der Waals surface area (Å²) in [5, 5.41) is 4.71. The van der Waals surface area contributed by atoms with Gasteiger partial charge in [0.05, 0.1) is 11.1 Å². The SMILES string of the molecule is O=C(CCCCC(=O)Nc1cccc(C(F)(F)F)c1)Nc1cccc(C(F)(F)F)c1. The lowest BCUT2D eigenvalue weighted by atomic mass is 10.1. The highest BCUT2D eigenvalue weighted by atomic mass is 19.4. The van der Waals surface area contributed by atoms with E-state index < -0.39 is 35.3 Å². The summed E-state index contributed by atoms with van der Waals surface area (Å²) in [6, 6.07) is 8.43. The van der Waals surface area contributed by atoms with Crippen molar-refractivity contribution in [1.82, 2.24) is 0 Å². The van der Waals surface area contributed by atoms with E-state index in [1.54, 1.807) is 0 Å². The summed E-state index contributed by atoms with van der Waals surface area (Å²) in [6.07, 6.45) is -8.52. The van der Waals surface area contributed by atoms with Crippen LogP contribution in [0.15, 0.2) is 48.5 Å². The highest BCUT2D eigenvalue weighted by Crippen LogP contribution is 2.31. The minimum atomic E-state index is -4.52. The van der Waals surface area contributed by atoms with Gasteiger partial charge in [0.1, 0.15) is 0 Å². The normalized spacial score (nSPS) is 11.8. The molecule has 162 valence electrons. The number of hydrogen-bond donors (Lipinski definition) is 2. The molecule has 0 aliphatic heterocycles. The van der Waals surface area contributed by atoms with E-state index in [2.05, 4.69) is 10.6 Å². The first-order chi connectivity index (χ1) is 13.9. The van der Waals surface area contributed by atoms with Crippen molar-refractivity contribution in [3.05, 3.63) is 59.7 Å². The molecule has 4 nitrogen and oxygen atoms in total. The number of alkyl halides is 6. The van der Waals surface area contributed by atoms with Crippen LogP contribution in [0.1, 0.15) is 36.8 Å². The van der Waals surface area contributed by atoms with Gasteiger partial charge in [-0.15, -0.1) is 0 Å². The Morgan fingerprint density at radius 3 is 1.37 bits per heavy atom. The maximum absolute atomic E-state index is 12.7. The fourth-order valence-electron chi connectivity index (χ4n) is 2.56. The lowest BCUT2D eigenvalue weighted by Gasteiger charge is -2.10. The summed E-state index contributed by atoms with van der Waals surface area (Å²) < 4.78 is 76.0. The average Bonchev–Trinajstić information content (AvgIpc) is 2.64. The number of benzene rings is 2. The van der Waals surface area contributed by atoms with Crippen LogP contribution >= 0.6 is 0 Å². The quantitative estimate of drug-likeness (QED) is 0.425. The van der Waals surface area contributed by atoms with Gasteiger partial charge in [-0.1, -0.05) is 12.1 Å². The number of carbonyl (C=O) groups is 2. The number of carbonyl (C=O) groups excluding carboxylic acids is 2. The van der Waals surface area contributed by atoms with Gasteiger partial charge < -0.3 is 10.6 Å². The first kappa shape index (κ1) is 23.2. The van der Waals surface area contributed by atoms with Gasteiger partial charge in [-0.25, -0.2) is 0 Å². The highest BCUT2D eigenvalue weighted by Gasteiger charge is 2.31. The van der Waals surface area contributed by atoms with Gasteiger partial charge in [-0.05, 0) is 49.2 Å². The first-order valence-electron chi connectivity index (χ1n) is 8.89. The second-order valence-electron chi connectivity index (χ2n) is 6.46. The molecule has 30 heavy (non-hydrogen) atoms. The lowest BCUT2D eigenvalue weighted by molar-refractivity contribution is -0.138. The number of anilines is 2. The fourth-order valence-corrected chi connectivity index (χ4v) is 2.56. The van der Waals surface area contributed by atoms with Crippen LogP contribution in [-0.2, 0) is 21.9 Å². The smallest absolute Gasteiger partial charge is 0.326 e. The van der Waals surface area contributed by atoms with E-state index in [0.29, 0.717) is 0 Å². The van der Waals surface area contributed by atoms with Crippen LogP contribution in [-0.4, -0.2) is 11.8 Å². The van der Waals surface area contributed by atoms with E-state index in [1.165, 1.54) is 24.3 Å². The zero-order valence-corrected chi connectivity index (χ0v) is 15.5. The number of rotatable bonds is 7. The molecule has 0 unspecified atom stereocenters. The molecule has 2 aromatic rings. The third-order valence-corrected chi connectivity index (χ3v) is 4.00. The van der Waals surface area contributed by atoms with Gasteiger partial charge in [-0.2, -0.15) is 26.3 Å². The molecule has 2 N–H and O–H groups in total. The summed E-state index contributed by atoms with van der Waals surface area (Å²) >= 11 is 0. The van der Waals surface area contributed by atoms with Gasteiger partial charge in [0.15, 0.2) is 0 Å². The predicted octanol–water partition coefficient (Wildman–Crippen LogP) is 5.86. The van der Waals surface area contributed by atoms with Crippen LogP contribution in [0.25, 0.3) is 0 Å². The van der Waals surface area contributed by atoms with Crippen molar-refractivity contribution in [3.8, 4) is 0 Å². The van der Waals surface area contributed by atoms with Gasteiger partial charge in [0.2, 0.25) is 11.8 Å². The van der Waals surface area contributed by atoms with Gasteiger partial charge >= 0.3 is 12.4 Å². The second kappa shape index (κ2) is 9.64. The van der Waals surface area contributed by atoms with Crippen LogP contribution in [0.4, 0.5) is 37.7 Å².